The van der Waals surface area contributed by atoms with E-state index in [-0.39, 0.29) is 5.92 Å². The van der Waals surface area contributed by atoms with Crippen molar-refractivity contribution >= 4 is 22.6 Å². The molecule has 2 aromatic rings. The Kier molecular flexibility index (Phi) is 2.84. The average molecular weight is 236 g/mol. The fourth-order valence-electron chi connectivity index (χ4n) is 1.71. The van der Waals surface area contributed by atoms with Gasteiger partial charge in [-0.1, -0.05) is 27.7 Å². The molecule has 0 atom stereocenters. The zero-order chi connectivity index (χ0) is 11.9. The molecule has 0 amide bonds. The van der Waals surface area contributed by atoms with E-state index >= 15 is 0 Å². The zero-order valence-electron chi connectivity index (χ0n) is 10.0. The molecule has 0 N–H and O–H groups in total. The molecule has 0 spiro atoms. The Morgan fingerprint density at radius 2 is 2.00 bits per heavy atom. The van der Waals surface area contributed by atoms with E-state index in [0.29, 0.717) is 11.6 Å². The van der Waals surface area contributed by atoms with Crippen LogP contribution in [0, 0.1) is 0 Å². The van der Waals surface area contributed by atoms with Gasteiger partial charge in [0.05, 0.1) is 5.69 Å². The van der Waals surface area contributed by atoms with Gasteiger partial charge >= 0.3 is 0 Å². The van der Waals surface area contributed by atoms with Crippen molar-refractivity contribution in [1.29, 1.82) is 0 Å². The van der Waals surface area contributed by atoms with E-state index in [1.165, 1.54) is 4.88 Å². The largest absolute Gasteiger partial charge is 0.296 e. The molecule has 3 nitrogen and oxygen atoms in total. The Morgan fingerprint density at radius 3 is 2.50 bits per heavy atom. The van der Waals surface area contributed by atoms with Crippen LogP contribution in [0.1, 0.15) is 60.6 Å². The topological polar surface area (TPSA) is 34.4 Å². The van der Waals surface area contributed by atoms with Gasteiger partial charge in [0.15, 0.2) is 11.2 Å². The number of imidazole rings is 1. The molecule has 4 heteroatoms. The van der Waals surface area contributed by atoms with Gasteiger partial charge in [-0.2, -0.15) is 0 Å². The maximum absolute atomic E-state index is 11.1. The Morgan fingerprint density at radius 1 is 1.31 bits per heavy atom. The van der Waals surface area contributed by atoms with Gasteiger partial charge in [0.2, 0.25) is 0 Å². The van der Waals surface area contributed by atoms with Crippen molar-refractivity contribution in [2.75, 3.05) is 0 Å². The van der Waals surface area contributed by atoms with Crippen LogP contribution in [0.2, 0.25) is 0 Å². The number of thiazole rings is 1. The van der Waals surface area contributed by atoms with Gasteiger partial charge in [-0.05, 0) is 11.8 Å². The molecule has 2 heterocycles. The van der Waals surface area contributed by atoms with Crippen molar-refractivity contribution in [2.24, 2.45) is 0 Å². The number of rotatable bonds is 3. The second-order valence-electron chi connectivity index (χ2n) is 4.60. The molecule has 0 fully saturated rings. The van der Waals surface area contributed by atoms with Gasteiger partial charge in [0, 0.05) is 11.1 Å². The van der Waals surface area contributed by atoms with E-state index in [9.17, 15) is 4.79 Å². The summed E-state index contributed by atoms with van der Waals surface area (Å²) in [5, 5.41) is 0. The molecular formula is C12H16N2OS. The molecular weight excluding hydrogens is 220 g/mol. The van der Waals surface area contributed by atoms with Crippen LogP contribution in [0.3, 0.4) is 0 Å². The van der Waals surface area contributed by atoms with Crippen molar-refractivity contribution in [1.82, 2.24) is 9.38 Å². The number of fused-ring (bicyclic) bond motifs is 1. The molecule has 0 aliphatic rings. The average Bonchev–Trinajstić information content (AvgIpc) is 2.72. The summed E-state index contributed by atoms with van der Waals surface area (Å²) < 4.78 is 1.92. The molecule has 0 aliphatic carbocycles. The highest BCUT2D eigenvalue weighted by Crippen LogP contribution is 2.28. The third-order valence-electron chi connectivity index (χ3n) is 2.64. The van der Waals surface area contributed by atoms with Crippen LogP contribution in [0.15, 0.2) is 6.20 Å². The summed E-state index contributed by atoms with van der Waals surface area (Å²) in [5.41, 5.74) is 1.60. The van der Waals surface area contributed by atoms with E-state index in [0.717, 1.165) is 16.9 Å². The third-order valence-corrected chi connectivity index (χ3v) is 3.92. The van der Waals surface area contributed by atoms with Crippen LogP contribution < -0.4 is 0 Å². The smallest absolute Gasteiger partial charge is 0.194 e. The van der Waals surface area contributed by atoms with Crippen molar-refractivity contribution in [3.05, 3.63) is 22.5 Å². The summed E-state index contributed by atoms with van der Waals surface area (Å²) in [7, 11) is 0. The number of nitrogens with zero attached hydrogens (tertiary/aromatic N) is 2. The summed E-state index contributed by atoms with van der Waals surface area (Å²) in [5.74, 6) is 0.767. The highest BCUT2D eigenvalue weighted by Gasteiger charge is 2.17. The lowest BCUT2D eigenvalue weighted by atomic mass is 10.1. The maximum Gasteiger partial charge on any atom is 0.194 e. The second kappa shape index (κ2) is 4.01. The molecule has 86 valence electrons. The van der Waals surface area contributed by atoms with E-state index < -0.39 is 0 Å². The maximum atomic E-state index is 11.1. The first-order chi connectivity index (χ1) is 7.54. The lowest BCUT2D eigenvalue weighted by molar-refractivity contribution is 0.111. The lowest BCUT2D eigenvalue weighted by Crippen LogP contribution is -1.96. The van der Waals surface area contributed by atoms with Crippen LogP contribution in [0.4, 0.5) is 0 Å². The minimum atomic E-state index is 0.287. The van der Waals surface area contributed by atoms with Crippen LogP contribution in [-0.2, 0) is 0 Å². The minimum absolute atomic E-state index is 0.287. The fraction of sp³-hybridized carbons (Fsp3) is 0.500. The molecule has 0 radical (unpaired) electrons. The Hall–Kier alpha value is -1.16. The quantitative estimate of drug-likeness (QED) is 0.765. The second-order valence-corrected chi connectivity index (χ2v) is 5.64. The van der Waals surface area contributed by atoms with Gasteiger partial charge in [0.1, 0.15) is 5.69 Å². The van der Waals surface area contributed by atoms with E-state index in [4.69, 9.17) is 0 Å². The molecule has 0 saturated heterocycles. The minimum Gasteiger partial charge on any atom is -0.296 e. The van der Waals surface area contributed by atoms with Crippen LogP contribution in [0.25, 0.3) is 4.96 Å². The lowest BCUT2D eigenvalue weighted by Gasteiger charge is -2.01. The van der Waals surface area contributed by atoms with Crippen molar-refractivity contribution in [3.8, 4) is 0 Å². The summed E-state index contributed by atoms with van der Waals surface area (Å²) in [6.07, 6.45) is 2.94. The van der Waals surface area contributed by atoms with Gasteiger partial charge in [-0.25, -0.2) is 4.98 Å². The molecule has 0 aliphatic heterocycles. The molecule has 2 aromatic heterocycles. The van der Waals surface area contributed by atoms with Crippen molar-refractivity contribution in [3.63, 3.8) is 0 Å². The molecule has 2 rings (SSSR count). The van der Waals surface area contributed by atoms with Crippen LogP contribution in [-0.4, -0.2) is 15.7 Å². The van der Waals surface area contributed by atoms with Crippen LogP contribution in [0.5, 0.6) is 0 Å². The number of hydrogen-bond acceptors (Lipinski definition) is 3. The SMILES string of the molecule is CC(C)c1cn2c(C=O)c(C(C)C)nc2s1. The van der Waals surface area contributed by atoms with Gasteiger partial charge in [0.25, 0.3) is 0 Å². The highest BCUT2D eigenvalue weighted by atomic mass is 32.1. The summed E-state index contributed by atoms with van der Waals surface area (Å²) in [6, 6.07) is 0. The molecule has 0 aromatic carbocycles. The predicted molar refractivity (Wildman–Crippen MR) is 66.6 cm³/mol. The summed E-state index contributed by atoms with van der Waals surface area (Å²) >= 11 is 1.67. The normalized spacial score (nSPS) is 11.9. The molecule has 0 saturated carbocycles. The predicted octanol–water partition coefficient (Wildman–Crippen LogP) is 3.46. The Labute approximate surface area is 99.1 Å². The number of aldehydes is 1. The first kappa shape index (κ1) is 11.3. The van der Waals surface area contributed by atoms with Gasteiger partial charge in [-0.15, -0.1) is 11.3 Å². The Bertz CT molecular complexity index is 522. The molecule has 0 unspecified atom stereocenters. The summed E-state index contributed by atoms with van der Waals surface area (Å²) in [6.45, 7) is 8.41. The van der Waals surface area contributed by atoms with E-state index in [2.05, 4.69) is 32.7 Å². The molecule has 16 heavy (non-hydrogen) atoms. The van der Waals surface area contributed by atoms with Gasteiger partial charge in [-0.3, -0.25) is 9.20 Å². The third kappa shape index (κ3) is 1.67. The Balaban J connectivity index is 2.64. The zero-order valence-corrected chi connectivity index (χ0v) is 10.8. The number of hydrogen-bond donors (Lipinski definition) is 0. The molecule has 0 bridgehead atoms. The van der Waals surface area contributed by atoms with E-state index in [1.807, 2.05) is 10.6 Å². The first-order valence-electron chi connectivity index (χ1n) is 5.51. The monoisotopic (exact) mass is 236 g/mol. The number of carbonyl (C=O) groups is 1. The first-order valence-corrected chi connectivity index (χ1v) is 6.33. The van der Waals surface area contributed by atoms with Crippen molar-refractivity contribution in [2.45, 2.75) is 39.5 Å². The number of aromatic nitrogens is 2. The van der Waals surface area contributed by atoms with Crippen molar-refractivity contribution < 1.29 is 4.79 Å². The number of carbonyl (C=O) groups excluding carboxylic acids is 1. The van der Waals surface area contributed by atoms with Gasteiger partial charge < -0.3 is 0 Å². The highest BCUT2D eigenvalue weighted by molar-refractivity contribution is 7.17. The fourth-order valence-corrected chi connectivity index (χ4v) is 2.70. The van der Waals surface area contributed by atoms with E-state index in [1.54, 1.807) is 11.3 Å². The standard InChI is InChI=1S/C12H16N2OS/c1-7(2)10-5-14-9(6-15)11(8(3)4)13-12(14)16-10/h5-8H,1-4H3. The summed E-state index contributed by atoms with van der Waals surface area (Å²) in [4.78, 5) is 17.9. The van der Waals surface area contributed by atoms with Crippen LogP contribution >= 0.6 is 11.3 Å².